The monoisotopic (exact) mass is 311 g/mol. The number of hydrogen-bond acceptors (Lipinski definition) is 3. The van der Waals surface area contributed by atoms with E-state index >= 15 is 0 Å². The largest absolute Gasteiger partial charge is 0.341 e. The van der Waals surface area contributed by atoms with E-state index in [-0.39, 0.29) is 17.9 Å². The second-order valence-corrected chi connectivity index (χ2v) is 6.50. The summed E-state index contributed by atoms with van der Waals surface area (Å²) in [7, 11) is 0. The highest BCUT2D eigenvalue weighted by Crippen LogP contribution is 2.36. The van der Waals surface area contributed by atoms with Gasteiger partial charge in [0.1, 0.15) is 6.04 Å². The lowest BCUT2D eigenvalue weighted by Crippen LogP contribution is -2.51. The number of likely N-dealkylation sites (tertiary alicyclic amines) is 1. The van der Waals surface area contributed by atoms with Gasteiger partial charge in [-0.2, -0.15) is 0 Å². The van der Waals surface area contributed by atoms with Crippen molar-refractivity contribution < 1.29 is 9.59 Å². The fraction of sp³-hybridized carbons (Fsp3) is 0.500. The highest BCUT2D eigenvalue weighted by Gasteiger charge is 2.39. The molecule has 1 aliphatic carbocycles. The predicted molar refractivity (Wildman–Crippen MR) is 86.4 cm³/mol. The molecule has 1 aromatic rings. The molecule has 1 fully saturated rings. The summed E-state index contributed by atoms with van der Waals surface area (Å²) in [6.07, 6.45) is 7.28. The van der Waals surface area contributed by atoms with Crippen molar-refractivity contribution in [3.05, 3.63) is 35.2 Å². The van der Waals surface area contributed by atoms with E-state index in [1.54, 1.807) is 4.90 Å². The summed E-state index contributed by atoms with van der Waals surface area (Å²) in [6, 6.07) is 1.62. The van der Waals surface area contributed by atoms with Crippen molar-refractivity contribution in [2.45, 2.75) is 45.2 Å². The molecule has 3 aliphatic rings. The van der Waals surface area contributed by atoms with E-state index < -0.39 is 0 Å². The molecular formula is C18H21N3O2. The number of allylic oxidation sites excluding steroid dienone is 1. The number of nitrogens with zero attached hydrogens (tertiary/aromatic N) is 3. The van der Waals surface area contributed by atoms with Crippen molar-refractivity contribution in [1.82, 2.24) is 14.8 Å². The van der Waals surface area contributed by atoms with Gasteiger partial charge >= 0.3 is 0 Å². The first-order valence-corrected chi connectivity index (χ1v) is 8.47. The maximum absolute atomic E-state index is 12.9. The van der Waals surface area contributed by atoms with Crippen molar-refractivity contribution in [3.63, 3.8) is 0 Å². The van der Waals surface area contributed by atoms with Crippen LogP contribution in [0.5, 0.6) is 0 Å². The normalized spacial score (nSPS) is 20.6. The van der Waals surface area contributed by atoms with Crippen LogP contribution in [0.4, 0.5) is 0 Å². The Kier molecular flexibility index (Phi) is 3.43. The van der Waals surface area contributed by atoms with E-state index in [2.05, 4.69) is 4.98 Å². The summed E-state index contributed by atoms with van der Waals surface area (Å²) in [5.74, 6) is 0.0957. The van der Waals surface area contributed by atoms with Gasteiger partial charge in [0.15, 0.2) is 0 Å². The lowest BCUT2D eigenvalue weighted by atomic mass is 9.95. The molecule has 0 aromatic carbocycles. The summed E-state index contributed by atoms with van der Waals surface area (Å²) in [4.78, 5) is 33.8. The number of amides is 2. The summed E-state index contributed by atoms with van der Waals surface area (Å²) >= 11 is 0. The highest BCUT2D eigenvalue weighted by atomic mass is 16.2. The van der Waals surface area contributed by atoms with Crippen LogP contribution in [0.15, 0.2) is 18.3 Å². The zero-order valence-electron chi connectivity index (χ0n) is 13.4. The van der Waals surface area contributed by atoms with Crippen LogP contribution in [0.3, 0.4) is 0 Å². The van der Waals surface area contributed by atoms with Crippen molar-refractivity contribution >= 4 is 17.4 Å². The second kappa shape index (κ2) is 5.48. The molecule has 4 rings (SSSR count). The number of carbonyl (C=O) groups excluding carboxylic acids is 2. The Morgan fingerprint density at radius 3 is 2.87 bits per heavy atom. The number of aromatic nitrogens is 1. The van der Waals surface area contributed by atoms with Gasteiger partial charge in [-0.1, -0.05) is 13.0 Å². The Morgan fingerprint density at radius 2 is 2.13 bits per heavy atom. The number of rotatable bonds is 3. The molecule has 0 unspecified atom stereocenters. The van der Waals surface area contributed by atoms with Crippen LogP contribution in [-0.4, -0.2) is 45.7 Å². The standard InChI is InChI=1S/C18H21N3O2/c1-2-15(18(23)20-9-3-4-10-20)21-11-12-7-8-19-14-6-5-13(16(12)14)17(21)22/h5,7-8,15H,2-4,6,9-11H2,1H3/t15-/m0/s1. The van der Waals surface area contributed by atoms with Crippen molar-refractivity contribution in [3.8, 4) is 0 Å². The zero-order valence-corrected chi connectivity index (χ0v) is 13.4. The van der Waals surface area contributed by atoms with Gasteiger partial charge in [-0.25, -0.2) is 0 Å². The average Bonchev–Trinajstić information content (AvgIpc) is 3.23. The van der Waals surface area contributed by atoms with E-state index in [1.807, 2.05) is 30.2 Å². The molecule has 0 N–H and O–H groups in total. The van der Waals surface area contributed by atoms with E-state index in [0.29, 0.717) is 13.0 Å². The molecule has 0 saturated carbocycles. The number of carbonyl (C=O) groups is 2. The Labute approximate surface area is 136 Å². The molecule has 1 aromatic heterocycles. The first-order chi connectivity index (χ1) is 11.2. The average molecular weight is 311 g/mol. The first kappa shape index (κ1) is 14.4. The van der Waals surface area contributed by atoms with E-state index in [1.165, 1.54) is 0 Å². The topological polar surface area (TPSA) is 53.5 Å². The van der Waals surface area contributed by atoms with Crippen molar-refractivity contribution in [2.75, 3.05) is 13.1 Å². The van der Waals surface area contributed by atoms with Crippen LogP contribution in [0.2, 0.25) is 0 Å². The SMILES string of the molecule is CC[C@@H](C(=O)N1CCCC1)N1Cc2ccnc3c2C(=CC3)C1=O. The molecular weight excluding hydrogens is 290 g/mol. The molecule has 0 spiro atoms. The van der Waals surface area contributed by atoms with E-state index in [9.17, 15) is 9.59 Å². The van der Waals surface area contributed by atoms with Gasteiger partial charge in [0.25, 0.3) is 5.91 Å². The summed E-state index contributed by atoms with van der Waals surface area (Å²) in [6.45, 7) is 4.15. The molecule has 3 heterocycles. The van der Waals surface area contributed by atoms with Crippen molar-refractivity contribution in [1.29, 1.82) is 0 Å². The van der Waals surface area contributed by atoms with E-state index in [0.717, 1.165) is 54.7 Å². The molecule has 0 radical (unpaired) electrons. The quantitative estimate of drug-likeness (QED) is 0.855. The van der Waals surface area contributed by atoms with Gasteiger partial charge in [-0.3, -0.25) is 14.6 Å². The zero-order chi connectivity index (χ0) is 16.0. The third-order valence-corrected chi connectivity index (χ3v) is 5.18. The fourth-order valence-corrected chi connectivity index (χ4v) is 4.00. The van der Waals surface area contributed by atoms with Crippen LogP contribution in [0, 0.1) is 0 Å². The summed E-state index contributed by atoms with van der Waals surface area (Å²) in [5.41, 5.74) is 3.86. The van der Waals surface area contributed by atoms with Crippen LogP contribution in [0.25, 0.3) is 5.57 Å². The third-order valence-electron chi connectivity index (χ3n) is 5.18. The van der Waals surface area contributed by atoms with Crippen LogP contribution >= 0.6 is 0 Å². The van der Waals surface area contributed by atoms with Gasteiger partial charge in [-0.15, -0.1) is 0 Å². The minimum Gasteiger partial charge on any atom is -0.341 e. The van der Waals surface area contributed by atoms with Gasteiger partial charge in [-0.05, 0) is 30.9 Å². The predicted octanol–water partition coefficient (Wildman–Crippen LogP) is 1.76. The third kappa shape index (κ3) is 2.18. The summed E-state index contributed by atoms with van der Waals surface area (Å²) in [5, 5.41) is 0. The second-order valence-electron chi connectivity index (χ2n) is 6.50. The fourth-order valence-electron chi connectivity index (χ4n) is 4.00. The van der Waals surface area contributed by atoms with Crippen LogP contribution in [0.1, 0.15) is 43.0 Å². The van der Waals surface area contributed by atoms with Gasteiger partial charge in [0.05, 0.1) is 5.69 Å². The lowest BCUT2D eigenvalue weighted by molar-refractivity contribution is -0.143. The van der Waals surface area contributed by atoms with Gasteiger partial charge < -0.3 is 9.80 Å². The van der Waals surface area contributed by atoms with Crippen molar-refractivity contribution in [2.24, 2.45) is 0 Å². The van der Waals surface area contributed by atoms with Crippen LogP contribution in [-0.2, 0) is 22.6 Å². The maximum Gasteiger partial charge on any atom is 0.255 e. The smallest absolute Gasteiger partial charge is 0.255 e. The molecule has 0 bridgehead atoms. The maximum atomic E-state index is 12.9. The minimum absolute atomic E-state index is 0.0105. The molecule has 23 heavy (non-hydrogen) atoms. The molecule has 5 nitrogen and oxygen atoms in total. The Bertz CT molecular complexity index is 704. The van der Waals surface area contributed by atoms with Gasteiger partial charge in [0, 0.05) is 43.4 Å². The highest BCUT2D eigenvalue weighted by molar-refractivity contribution is 6.22. The Hall–Kier alpha value is -2.17. The Morgan fingerprint density at radius 1 is 1.35 bits per heavy atom. The van der Waals surface area contributed by atoms with E-state index in [4.69, 9.17) is 0 Å². The minimum atomic E-state index is -0.355. The first-order valence-electron chi connectivity index (χ1n) is 8.47. The lowest BCUT2D eigenvalue weighted by Gasteiger charge is -2.36. The molecule has 1 saturated heterocycles. The summed E-state index contributed by atoms with van der Waals surface area (Å²) < 4.78 is 0. The van der Waals surface area contributed by atoms with Gasteiger partial charge in [0.2, 0.25) is 5.91 Å². The Balaban J connectivity index is 1.67. The molecule has 120 valence electrons. The van der Waals surface area contributed by atoms with Crippen LogP contribution < -0.4 is 0 Å². The number of hydrogen-bond donors (Lipinski definition) is 0. The molecule has 2 amide bonds. The number of pyridine rings is 1. The molecule has 5 heteroatoms. The molecule has 2 aliphatic heterocycles. The molecule has 1 atom stereocenters.